The monoisotopic (exact) mass is 267 g/mol. The third kappa shape index (κ3) is 3.50. The van der Waals surface area contributed by atoms with Crippen LogP contribution in [0.15, 0.2) is 0 Å². The molecule has 0 radical (unpaired) electrons. The average Bonchev–Trinajstić information content (AvgIpc) is 2.60. The molecule has 2 unspecified atom stereocenters. The Morgan fingerprint density at radius 2 is 1.79 bits per heavy atom. The lowest BCUT2D eigenvalue weighted by atomic mass is 9.78. The molecule has 19 heavy (non-hydrogen) atoms. The van der Waals surface area contributed by atoms with Crippen molar-refractivity contribution >= 4 is 5.97 Å². The topological polar surface area (TPSA) is 40.5 Å². The Morgan fingerprint density at radius 3 is 2.32 bits per heavy atom. The number of rotatable bonds is 3. The van der Waals surface area contributed by atoms with Crippen LogP contribution in [0.2, 0.25) is 0 Å². The Labute approximate surface area is 117 Å². The van der Waals surface area contributed by atoms with Gasteiger partial charge in [0.25, 0.3) is 0 Å². The minimum absolute atomic E-state index is 0.462. The summed E-state index contributed by atoms with van der Waals surface area (Å²) >= 11 is 0. The number of aliphatic carboxylic acids is 1. The number of nitrogens with zero attached hydrogens (tertiary/aromatic N) is 1. The molecule has 1 heterocycles. The first-order chi connectivity index (χ1) is 9.03. The second-order valence-corrected chi connectivity index (χ2v) is 6.98. The third-order valence-electron chi connectivity index (χ3n) is 5.46. The molecule has 2 aliphatic rings. The molecule has 2 atom stereocenters. The van der Waals surface area contributed by atoms with Crippen molar-refractivity contribution in [2.24, 2.45) is 17.3 Å². The van der Waals surface area contributed by atoms with Crippen LogP contribution in [0.4, 0.5) is 0 Å². The summed E-state index contributed by atoms with van der Waals surface area (Å²) in [5.74, 6) is 0.928. The van der Waals surface area contributed by atoms with Crippen molar-refractivity contribution in [1.82, 2.24) is 4.90 Å². The van der Waals surface area contributed by atoms with E-state index in [-0.39, 0.29) is 0 Å². The predicted octanol–water partition coefficient (Wildman–Crippen LogP) is 3.39. The molecular weight excluding hydrogens is 238 g/mol. The summed E-state index contributed by atoms with van der Waals surface area (Å²) < 4.78 is 0. The van der Waals surface area contributed by atoms with Crippen LogP contribution in [0.25, 0.3) is 0 Å². The molecule has 2 rings (SSSR count). The molecule has 1 saturated carbocycles. The van der Waals surface area contributed by atoms with E-state index in [2.05, 4.69) is 18.7 Å². The summed E-state index contributed by atoms with van der Waals surface area (Å²) in [6.45, 7) is 7.56. The minimum atomic E-state index is -0.555. The summed E-state index contributed by atoms with van der Waals surface area (Å²) in [4.78, 5) is 14.2. The van der Waals surface area contributed by atoms with E-state index >= 15 is 0 Å². The highest BCUT2D eigenvalue weighted by atomic mass is 16.4. The highest BCUT2D eigenvalue weighted by Crippen LogP contribution is 2.37. The molecule has 0 aromatic heterocycles. The molecule has 3 heteroatoms. The quantitative estimate of drug-likeness (QED) is 0.797. The van der Waals surface area contributed by atoms with Crippen molar-refractivity contribution in [3.63, 3.8) is 0 Å². The first kappa shape index (κ1) is 14.8. The molecule has 3 nitrogen and oxygen atoms in total. The van der Waals surface area contributed by atoms with E-state index < -0.39 is 11.4 Å². The first-order valence-electron chi connectivity index (χ1n) is 7.99. The highest BCUT2D eigenvalue weighted by molar-refractivity contribution is 5.75. The van der Waals surface area contributed by atoms with Gasteiger partial charge in [-0.2, -0.15) is 0 Å². The van der Waals surface area contributed by atoms with E-state index in [4.69, 9.17) is 0 Å². The van der Waals surface area contributed by atoms with Crippen LogP contribution in [-0.2, 0) is 4.79 Å². The molecule has 0 aromatic rings. The molecule has 0 bridgehead atoms. The maximum Gasteiger partial charge on any atom is 0.310 e. The van der Waals surface area contributed by atoms with Gasteiger partial charge in [0.15, 0.2) is 0 Å². The van der Waals surface area contributed by atoms with Crippen LogP contribution >= 0.6 is 0 Å². The summed E-state index contributed by atoms with van der Waals surface area (Å²) in [7, 11) is 0. The van der Waals surface area contributed by atoms with Gasteiger partial charge in [-0.15, -0.1) is 0 Å². The second-order valence-electron chi connectivity index (χ2n) is 6.98. The van der Waals surface area contributed by atoms with Gasteiger partial charge in [0.2, 0.25) is 0 Å². The summed E-state index contributed by atoms with van der Waals surface area (Å²) in [5.41, 5.74) is -0.462. The Hall–Kier alpha value is -0.570. The lowest BCUT2D eigenvalue weighted by Crippen LogP contribution is -2.47. The first-order valence-corrected chi connectivity index (χ1v) is 7.99. The molecular formula is C16H29NO2. The summed E-state index contributed by atoms with van der Waals surface area (Å²) in [6, 6.07) is 0. The van der Waals surface area contributed by atoms with E-state index in [0.29, 0.717) is 5.92 Å². The van der Waals surface area contributed by atoms with E-state index in [9.17, 15) is 9.90 Å². The SMILES string of the molecule is CC1CCN(CC2(C(=O)O)CCCCCC2)CC1C. The molecule has 2 fully saturated rings. The van der Waals surface area contributed by atoms with E-state index in [1.807, 2.05) is 0 Å². The van der Waals surface area contributed by atoms with Crippen LogP contribution < -0.4 is 0 Å². The van der Waals surface area contributed by atoms with Crippen LogP contribution in [-0.4, -0.2) is 35.6 Å². The van der Waals surface area contributed by atoms with Gasteiger partial charge in [0.1, 0.15) is 0 Å². The lowest BCUT2D eigenvalue weighted by Gasteiger charge is -2.40. The fourth-order valence-corrected chi connectivity index (χ4v) is 3.77. The fraction of sp³-hybridized carbons (Fsp3) is 0.938. The number of piperidine rings is 1. The number of carboxylic acid groups (broad SMARTS) is 1. The van der Waals surface area contributed by atoms with Gasteiger partial charge in [0, 0.05) is 13.1 Å². The van der Waals surface area contributed by atoms with Crippen molar-refractivity contribution in [2.75, 3.05) is 19.6 Å². The van der Waals surface area contributed by atoms with Gasteiger partial charge < -0.3 is 10.0 Å². The molecule has 1 aliphatic carbocycles. The van der Waals surface area contributed by atoms with Gasteiger partial charge in [-0.3, -0.25) is 4.79 Å². The molecule has 0 aromatic carbocycles. The number of hydrogen-bond acceptors (Lipinski definition) is 2. The van der Waals surface area contributed by atoms with Gasteiger partial charge in [-0.25, -0.2) is 0 Å². The van der Waals surface area contributed by atoms with E-state index in [1.54, 1.807) is 0 Å². The smallest absolute Gasteiger partial charge is 0.310 e. The van der Waals surface area contributed by atoms with Crippen molar-refractivity contribution in [2.45, 2.75) is 58.8 Å². The molecule has 110 valence electrons. The molecule has 1 saturated heterocycles. The maximum atomic E-state index is 11.8. The largest absolute Gasteiger partial charge is 0.481 e. The van der Waals surface area contributed by atoms with Gasteiger partial charge in [0.05, 0.1) is 5.41 Å². The Kier molecular flexibility index (Phi) is 4.88. The molecule has 1 N–H and O–H groups in total. The van der Waals surface area contributed by atoms with Crippen LogP contribution in [0, 0.1) is 17.3 Å². The maximum absolute atomic E-state index is 11.8. The van der Waals surface area contributed by atoms with Gasteiger partial charge in [-0.1, -0.05) is 39.5 Å². The average molecular weight is 267 g/mol. The van der Waals surface area contributed by atoms with E-state index in [1.165, 1.54) is 19.3 Å². The fourth-order valence-electron chi connectivity index (χ4n) is 3.77. The van der Waals surface area contributed by atoms with E-state index in [0.717, 1.165) is 51.2 Å². The highest BCUT2D eigenvalue weighted by Gasteiger charge is 2.41. The standard InChI is InChI=1S/C16H29NO2/c1-13-7-10-17(11-14(13)2)12-16(15(18)19)8-5-3-4-6-9-16/h13-14H,3-12H2,1-2H3,(H,18,19). The third-order valence-corrected chi connectivity index (χ3v) is 5.46. The number of likely N-dealkylation sites (tertiary alicyclic amines) is 1. The second kappa shape index (κ2) is 6.25. The number of carboxylic acids is 1. The van der Waals surface area contributed by atoms with Crippen molar-refractivity contribution in [3.05, 3.63) is 0 Å². The Bertz CT molecular complexity index is 308. The van der Waals surface area contributed by atoms with Gasteiger partial charge >= 0.3 is 5.97 Å². The van der Waals surface area contributed by atoms with Crippen LogP contribution in [0.3, 0.4) is 0 Å². The molecule has 1 aliphatic heterocycles. The summed E-state index contributed by atoms with van der Waals surface area (Å²) in [5, 5.41) is 9.74. The normalized spacial score (nSPS) is 32.7. The molecule has 0 spiro atoms. The zero-order chi connectivity index (χ0) is 13.9. The summed E-state index contributed by atoms with van der Waals surface area (Å²) in [6.07, 6.45) is 7.57. The zero-order valence-corrected chi connectivity index (χ0v) is 12.5. The Balaban J connectivity index is 2.02. The van der Waals surface area contributed by atoms with Gasteiger partial charge in [-0.05, 0) is 37.6 Å². The zero-order valence-electron chi connectivity index (χ0n) is 12.5. The van der Waals surface area contributed by atoms with Crippen molar-refractivity contribution < 1.29 is 9.90 Å². The van der Waals surface area contributed by atoms with Crippen LogP contribution in [0.1, 0.15) is 58.8 Å². The lowest BCUT2D eigenvalue weighted by molar-refractivity contribution is -0.151. The Morgan fingerprint density at radius 1 is 1.16 bits per heavy atom. The predicted molar refractivity (Wildman–Crippen MR) is 77.2 cm³/mol. The molecule has 0 amide bonds. The van der Waals surface area contributed by atoms with Crippen molar-refractivity contribution in [3.8, 4) is 0 Å². The van der Waals surface area contributed by atoms with Crippen LogP contribution in [0.5, 0.6) is 0 Å². The number of hydrogen-bond donors (Lipinski definition) is 1. The van der Waals surface area contributed by atoms with Crippen molar-refractivity contribution in [1.29, 1.82) is 0 Å². The number of carbonyl (C=O) groups is 1. The minimum Gasteiger partial charge on any atom is -0.481 e.